The Labute approximate surface area is 200 Å². The molecule has 1 aliphatic heterocycles. The highest BCUT2D eigenvalue weighted by molar-refractivity contribution is 6.02. The number of carbonyl (C=O) groups is 2. The van der Waals surface area contributed by atoms with E-state index in [-0.39, 0.29) is 30.6 Å². The second-order valence-corrected chi connectivity index (χ2v) is 8.90. The van der Waals surface area contributed by atoms with E-state index in [4.69, 9.17) is 9.47 Å². The lowest BCUT2D eigenvalue weighted by atomic mass is 9.99. The Bertz CT molecular complexity index is 995. The normalized spacial score (nSPS) is 18.9. The van der Waals surface area contributed by atoms with Gasteiger partial charge in [-0.05, 0) is 63.5 Å². The molecule has 0 radical (unpaired) electrons. The van der Waals surface area contributed by atoms with Crippen LogP contribution in [-0.2, 0) is 0 Å². The predicted octanol–water partition coefficient (Wildman–Crippen LogP) is 3.12. The van der Waals surface area contributed by atoms with Gasteiger partial charge >= 0.3 is 6.03 Å². The molecule has 0 unspecified atom stereocenters. The molecule has 1 aliphatic rings. The number of methoxy groups -OCH3 is 1. The van der Waals surface area contributed by atoms with Crippen LogP contribution < -0.4 is 20.1 Å². The number of anilines is 2. The van der Waals surface area contributed by atoms with Crippen LogP contribution in [0.5, 0.6) is 11.5 Å². The Kier molecular flexibility index (Phi) is 8.36. The molecule has 0 spiro atoms. The third-order valence-electron chi connectivity index (χ3n) is 5.82. The summed E-state index contributed by atoms with van der Waals surface area (Å²) in [6.07, 6.45) is -0.146. The Morgan fingerprint density at radius 3 is 2.47 bits per heavy atom. The van der Waals surface area contributed by atoms with Crippen LogP contribution in [0.4, 0.5) is 16.2 Å². The molecule has 9 nitrogen and oxygen atoms in total. The van der Waals surface area contributed by atoms with E-state index in [9.17, 15) is 14.7 Å². The fourth-order valence-electron chi connectivity index (χ4n) is 3.85. The smallest absolute Gasteiger partial charge is 0.323 e. The largest absolute Gasteiger partial charge is 0.497 e. The number of amides is 3. The lowest BCUT2D eigenvalue weighted by Gasteiger charge is -2.37. The van der Waals surface area contributed by atoms with Gasteiger partial charge in [0, 0.05) is 30.4 Å². The second kappa shape index (κ2) is 11.2. The third-order valence-corrected chi connectivity index (χ3v) is 5.82. The zero-order valence-corrected chi connectivity index (χ0v) is 20.4. The molecule has 0 saturated carbocycles. The van der Waals surface area contributed by atoms with Crippen LogP contribution in [0.25, 0.3) is 0 Å². The molecule has 3 N–H and O–H groups in total. The molecule has 0 saturated heterocycles. The Morgan fingerprint density at radius 2 is 1.85 bits per heavy atom. The first-order valence-electron chi connectivity index (χ1n) is 11.3. The van der Waals surface area contributed by atoms with Gasteiger partial charge in [0.05, 0.1) is 25.3 Å². The van der Waals surface area contributed by atoms with E-state index in [0.29, 0.717) is 41.5 Å². The summed E-state index contributed by atoms with van der Waals surface area (Å²) in [5.74, 6) is 0.960. The topological polar surface area (TPSA) is 103 Å². The standard InChI is InChI=1S/C25H34N4O5/c1-16-13-29(17(2)15-30)24(31)21-12-19(8-11-22(21)34-23(16)14-28(3)4)27-25(32)26-18-6-9-20(33-5)10-7-18/h6-12,16-17,23,30H,13-15H2,1-5H3,(H2,26,27,32)/t16-,17-,23+/m1/s1. The minimum absolute atomic E-state index is 0.0570. The minimum atomic E-state index is -0.441. The summed E-state index contributed by atoms with van der Waals surface area (Å²) in [7, 11) is 5.53. The average Bonchev–Trinajstić information content (AvgIpc) is 2.81. The van der Waals surface area contributed by atoms with Crippen LogP contribution >= 0.6 is 0 Å². The van der Waals surface area contributed by atoms with Gasteiger partial charge in [-0.3, -0.25) is 4.79 Å². The number of rotatable bonds is 7. The van der Waals surface area contributed by atoms with E-state index in [0.717, 1.165) is 0 Å². The molecule has 34 heavy (non-hydrogen) atoms. The molecule has 2 aromatic carbocycles. The van der Waals surface area contributed by atoms with Crippen molar-refractivity contribution in [1.82, 2.24) is 9.80 Å². The molecule has 0 aliphatic carbocycles. The highest BCUT2D eigenvalue weighted by Gasteiger charge is 2.33. The molecule has 9 heteroatoms. The Hall–Kier alpha value is -3.30. The molecular weight excluding hydrogens is 436 g/mol. The lowest BCUT2D eigenvalue weighted by molar-refractivity contribution is 0.0363. The first kappa shape index (κ1) is 25.3. The number of aliphatic hydroxyl groups is 1. The van der Waals surface area contributed by atoms with Gasteiger partial charge < -0.3 is 35.0 Å². The Morgan fingerprint density at radius 1 is 1.21 bits per heavy atom. The van der Waals surface area contributed by atoms with Crippen molar-refractivity contribution < 1.29 is 24.2 Å². The first-order valence-corrected chi connectivity index (χ1v) is 11.3. The van der Waals surface area contributed by atoms with Gasteiger partial charge in [0.15, 0.2) is 0 Å². The van der Waals surface area contributed by atoms with E-state index in [1.807, 2.05) is 32.8 Å². The predicted molar refractivity (Wildman–Crippen MR) is 132 cm³/mol. The van der Waals surface area contributed by atoms with Crippen molar-refractivity contribution in [3.8, 4) is 11.5 Å². The zero-order valence-electron chi connectivity index (χ0n) is 20.4. The number of likely N-dealkylation sites (N-methyl/N-ethyl adjacent to an activating group) is 1. The van der Waals surface area contributed by atoms with Crippen molar-refractivity contribution in [2.45, 2.75) is 26.0 Å². The average molecular weight is 471 g/mol. The number of benzene rings is 2. The summed E-state index contributed by atoms with van der Waals surface area (Å²) >= 11 is 0. The first-order chi connectivity index (χ1) is 16.2. The maximum Gasteiger partial charge on any atom is 0.323 e. The third kappa shape index (κ3) is 6.18. The Balaban J connectivity index is 1.85. The highest BCUT2D eigenvalue weighted by atomic mass is 16.5. The van der Waals surface area contributed by atoms with Crippen LogP contribution in [0.15, 0.2) is 42.5 Å². The van der Waals surface area contributed by atoms with Gasteiger partial charge in [0.2, 0.25) is 0 Å². The second-order valence-electron chi connectivity index (χ2n) is 8.90. The maximum absolute atomic E-state index is 13.4. The van der Waals surface area contributed by atoms with Crippen molar-refractivity contribution >= 4 is 23.3 Å². The van der Waals surface area contributed by atoms with Crippen molar-refractivity contribution in [2.75, 3.05) is 51.5 Å². The fourth-order valence-corrected chi connectivity index (χ4v) is 3.85. The summed E-state index contributed by atoms with van der Waals surface area (Å²) in [6.45, 7) is 4.85. The molecule has 0 fully saturated rings. The fraction of sp³-hybridized carbons (Fsp3) is 0.440. The molecule has 2 aromatic rings. The van der Waals surface area contributed by atoms with Crippen molar-refractivity contribution in [1.29, 1.82) is 0 Å². The number of hydrogen-bond acceptors (Lipinski definition) is 6. The summed E-state index contributed by atoms with van der Waals surface area (Å²) in [5, 5.41) is 15.3. The highest BCUT2D eigenvalue weighted by Crippen LogP contribution is 2.30. The minimum Gasteiger partial charge on any atom is -0.497 e. The molecule has 3 amide bonds. The number of nitrogens with one attached hydrogen (secondary N) is 2. The van der Waals surface area contributed by atoms with E-state index < -0.39 is 6.03 Å². The number of aliphatic hydroxyl groups excluding tert-OH is 1. The van der Waals surface area contributed by atoms with E-state index >= 15 is 0 Å². The van der Waals surface area contributed by atoms with E-state index in [1.165, 1.54) is 0 Å². The molecule has 0 aromatic heterocycles. The molecule has 0 bridgehead atoms. The van der Waals surface area contributed by atoms with Crippen LogP contribution in [0, 0.1) is 5.92 Å². The SMILES string of the molecule is COc1ccc(NC(=O)Nc2ccc3c(c2)C(=O)N([C@H](C)CO)C[C@@H](C)[C@H](CN(C)C)O3)cc1. The van der Waals surface area contributed by atoms with Gasteiger partial charge in [-0.2, -0.15) is 0 Å². The number of fused-ring (bicyclic) bond motifs is 1. The molecular formula is C25H34N4O5. The number of hydrogen-bond donors (Lipinski definition) is 3. The molecule has 1 heterocycles. The molecule has 3 atom stereocenters. The van der Waals surface area contributed by atoms with Crippen LogP contribution in [-0.4, -0.2) is 79.9 Å². The van der Waals surface area contributed by atoms with Gasteiger partial charge in [0.1, 0.15) is 17.6 Å². The van der Waals surface area contributed by atoms with Crippen LogP contribution in [0.2, 0.25) is 0 Å². The zero-order chi connectivity index (χ0) is 24.8. The van der Waals surface area contributed by atoms with Crippen molar-refractivity contribution in [2.24, 2.45) is 5.92 Å². The van der Waals surface area contributed by atoms with Crippen LogP contribution in [0.1, 0.15) is 24.2 Å². The van der Waals surface area contributed by atoms with Gasteiger partial charge in [-0.15, -0.1) is 0 Å². The van der Waals surface area contributed by atoms with Crippen molar-refractivity contribution in [3.63, 3.8) is 0 Å². The van der Waals surface area contributed by atoms with Gasteiger partial charge in [0.25, 0.3) is 5.91 Å². The number of nitrogens with zero attached hydrogens (tertiary/aromatic N) is 2. The summed E-state index contributed by atoms with van der Waals surface area (Å²) < 4.78 is 11.4. The lowest BCUT2D eigenvalue weighted by Crippen LogP contribution is -2.49. The number of carbonyl (C=O) groups excluding carboxylic acids is 2. The maximum atomic E-state index is 13.4. The summed E-state index contributed by atoms with van der Waals surface area (Å²) in [5.41, 5.74) is 1.40. The quantitative estimate of drug-likeness (QED) is 0.575. The summed E-state index contributed by atoms with van der Waals surface area (Å²) in [6, 6.07) is 11.2. The number of ether oxygens (including phenoxy) is 2. The van der Waals surface area contributed by atoms with Gasteiger partial charge in [-0.25, -0.2) is 4.79 Å². The van der Waals surface area contributed by atoms with Gasteiger partial charge in [-0.1, -0.05) is 6.92 Å². The van der Waals surface area contributed by atoms with E-state index in [2.05, 4.69) is 10.6 Å². The number of urea groups is 1. The van der Waals surface area contributed by atoms with Crippen LogP contribution in [0.3, 0.4) is 0 Å². The van der Waals surface area contributed by atoms with Crippen molar-refractivity contribution in [3.05, 3.63) is 48.0 Å². The molecule has 184 valence electrons. The van der Waals surface area contributed by atoms with E-state index in [1.54, 1.807) is 54.5 Å². The summed E-state index contributed by atoms with van der Waals surface area (Å²) in [4.78, 5) is 29.7. The monoisotopic (exact) mass is 470 g/mol. The molecule has 3 rings (SSSR count).